The van der Waals surface area contributed by atoms with Gasteiger partial charge in [-0.3, -0.25) is 9.59 Å². The van der Waals surface area contributed by atoms with Crippen molar-refractivity contribution in [3.8, 4) is 0 Å². The summed E-state index contributed by atoms with van der Waals surface area (Å²) in [6, 6.07) is 8.81. The number of carbonyl (C=O) groups excluding carboxylic acids is 2. The molecule has 1 N–H and O–H groups in total. The number of thioether (sulfide) groups is 1. The van der Waals surface area contributed by atoms with Crippen molar-refractivity contribution in [3.05, 3.63) is 82.1 Å². The summed E-state index contributed by atoms with van der Waals surface area (Å²) in [7, 11) is 0. The molecule has 1 amide bonds. The number of ketones is 1. The molecule has 3 rings (SSSR count). The molecule has 0 aliphatic rings. The highest BCUT2D eigenvalue weighted by Crippen LogP contribution is 2.24. The van der Waals surface area contributed by atoms with Gasteiger partial charge in [-0.2, -0.15) is 0 Å². The van der Waals surface area contributed by atoms with Gasteiger partial charge in [-0.05, 0) is 36.4 Å². The van der Waals surface area contributed by atoms with Gasteiger partial charge in [0.2, 0.25) is 5.91 Å². The van der Waals surface area contributed by atoms with E-state index in [1.165, 1.54) is 53.4 Å². The van der Waals surface area contributed by atoms with E-state index in [0.29, 0.717) is 15.6 Å². The molecule has 0 fully saturated rings. The molecule has 0 radical (unpaired) electrons. The zero-order chi connectivity index (χ0) is 20.8. The highest BCUT2D eigenvalue weighted by molar-refractivity contribution is 8.01. The Morgan fingerprint density at radius 1 is 1.03 bits per heavy atom. The number of amides is 1. The second kappa shape index (κ2) is 9.71. The predicted octanol–water partition coefficient (Wildman–Crippen LogP) is 4.39. The summed E-state index contributed by atoms with van der Waals surface area (Å²) in [6.07, 6.45) is -0.0426. The van der Waals surface area contributed by atoms with E-state index in [1.807, 2.05) is 0 Å². The summed E-state index contributed by atoms with van der Waals surface area (Å²) in [5, 5.41) is 4.16. The molecular weight excluding hydrogens is 421 g/mol. The highest BCUT2D eigenvalue weighted by atomic mass is 32.2. The van der Waals surface area contributed by atoms with E-state index < -0.39 is 23.4 Å². The van der Waals surface area contributed by atoms with Crippen LogP contribution in [-0.2, 0) is 17.8 Å². The topological polar surface area (TPSA) is 59.1 Å². The van der Waals surface area contributed by atoms with Crippen LogP contribution < -0.4 is 5.32 Å². The van der Waals surface area contributed by atoms with Crippen LogP contribution in [0.15, 0.2) is 52.2 Å². The molecule has 0 bridgehead atoms. The number of hydrogen-bond donors (Lipinski definition) is 1. The molecule has 0 saturated heterocycles. The van der Waals surface area contributed by atoms with Gasteiger partial charge in [0.15, 0.2) is 10.1 Å². The second-order valence-electron chi connectivity index (χ2n) is 5.98. The van der Waals surface area contributed by atoms with E-state index >= 15 is 0 Å². The molecule has 2 aromatic carbocycles. The van der Waals surface area contributed by atoms with Crippen molar-refractivity contribution in [2.45, 2.75) is 17.3 Å². The number of rotatable bonds is 8. The van der Waals surface area contributed by atoms with Gasteiger partial charge in [0, 0.05) is 23.1 Å². The third-order valence-electron chi connectivity index (χ3n) is 3.89. The highest BCUT2D eigenvalue weighted by Gasteiger charge is 2.13. The molecule has 150 valence electrons. The van der Waals surface area contributed by atoms with E-state index in [9.17, 15) is 22.8 Å². The van der Waals surface area contributed by atoms with Gasteiger partial charge in [-0.1, -0.05) is 17.8 Å². The van der Waals surface area contributed by atoms with E-state index in [-0.39, 0.29) is 30.1 Å². The molecule has 9 heteroatoms. The van der Waals surface area contributed by atoms with E-state index in [1.54, 1.807) is 5.38 Å². The molecule has 0 aliphatic heterocycles. The van der Waals surface area contributed by atoms with Crippen LogP contribution in [0.4, 0.5) is 13.2 Å². The Bertz CT molecular complexity index is 1000. The van der Waals surface area contributed by atoms with Gasteiger partial charge < -0.3 is 5.32 Å². The Morgan fingerprint density at radius 2 is 1.72 bits per heavy atom. The Morgan fingerprint density at radius 3 is 2.41 bits per heavy atom. The Balaban J connectivity index is 1.49. The van der Waals surface area contributed by atoms with E-state index in [4.69, 9.17) is 0 Å². The third kappa shape index (κ3) is 5.91. The molecule has 0 atom stereocenters. The largest absolute Gasteiger partial charge is 0.351 e. The fourth-order valence-electron chi connectivity index (χ4n) is 2.40. The average Bonchev–Trinajstić information content (AvgIpc) is 3.13. The Kier molecular flexibility index (Phi) is 7.05. The minimum absolute atomic E-state index is 0.0426. The van der Waals surface area contributed by atoms with Crippen LogP contribution in [0.1, 0.15) is 21.6 Å². The van der Waals surface area contributed by atoms with Crippen LogP contribution in [0, 0.1) is 17.5 Å². The van der Waals surface area contributed by atoms with Crippen molar-refractivity contribution < 1.29 is 22.8 Å². The van der Waals surface area contributed by atoms with Crippen molar-refractivity contribution in [2.24, 2.45) is 0 Å². The summed E-state index contributed by atoms with van der Waals surface area (Å²) in [5.74, 6) is -2.29. The molecule has 1 heterocycles. The number of nitrogens with one attached hydrogen (secondary N) is 1. The number of nitrogens with zero attached hydrogens (tertiary/aromatic N) is 1. The molecule has 4 nitrogen and oxygen atoms in total. The zero-order valence-corrected chi connectivity index (χ0v) is 16.6. The lowest BCUT2D eigenvalue weighted by molar-refractivity contribution is -0.120. The number of aromatic nitrogens is 1. The second-order valence-corrected chi connectivity index (χ2v) is 8.06. The standard InChI is InChI=1S/C20H15F3N2O2S2/c21-13-6-4-12(5-7-13)18(26)11-29-20-25-14(10-28-20)8-19(27)24-9-15-16(22)2-1-3-17(15)23/h1-7,10H,8-9,11H2,(H,24,27). The maximum atomic E-state index is 13.6. The lowest BCUT2D eigenvalue weighted by Gasteiger charge is -2.06. The minimum Gasteiger partial charge on any atom is -0.351 e. The number of carbonyl (C=O) groups is 2. The van der Waals surface area contributed by atoms with Crippen LogP contribution in [-0.4, -0.2) is 22.4 Å². The van der Waals surface area contributed by atoms with Crippen molar-refractivity contribution in [1.29, 1.82) is 0 Å². The van der Waals surface area contributed by atoms with Gasteiger partial charge in [-0.25, -0.2) is 18.2 Å². The smallest absolute Gasteiger partial charge is 0.226 e. The van der Waals surface area contributed by atoms with Gasteiger partial charge in [0.05, 0.1) is 17.9 Å². The van der Waals surface area contributed by atoms with Gasteiger partial charge in [0.1, 0.15) is 17.5 Å². The minimum atomic E-state index is -0.719. The van der Waals surface area contributed by atoms with Gasteiger partial charge >= 0.3 is 0 Å². The van der Waals surface area contributed by atoms with E-state index in [0.717, 1.165) is 12.1 Å². The summed E-state index contributed by atoms with van der Waals surface area (Å²) in [6.45, 7) is -0.255. The first-order valence-electron chi connectivity index (χ1n) is 8.48. The normalized spacial score (nSPS) is 10.7. The molecule has 0 saturated carbocycles. The first-order valence-corrected chi connectivity index (χ1v) is 10.3. The molecular formula is C20H15F3N2O2S2. The lowest BCUT2D eigenvalue weighted by atomic mass is 10.1. The SMILES string of the molecule is O=C(Cc1csc(SCC(=O)c2ccc(F)cc2)n1)NCc1c(F)cccc1F. The fraction of sp³-hybridized carbons (Fsp3) is 0.150. The summed E-state index contributed by atoms with van der Waals surface area (Å²) >= 11 is 2.51. The first kappa shape index (κ1) is 21.1. The number of thiazole rings is 1. The molecule has 0 aliphatic carbocycles. The van der Waals surface area contributed by atoms with Crippen molar-refractivity contribution in [2.75, 3.05) is 5.75 Å². The monoisotopic (exact) mass is 436 g/mol. The number of benzene rings is 2. The Labute approximate surface area is 173 Å². The van der Waals surface area contributed by atoms with Crippen LogP contribution in [0.3, 0.4) is 0 Å². The van der Waals surface area contributed by atoms with Gasteiger partial charge in [0.25, 0.3) is 0 Å². The summed E-state index contributed by atoms with van der Waals surface area (Å²) in [5.41, 5.74) is 0.711. The first-order chi connectivity index (χ1) is 13.9. The molecule has 1 aromatic heterocycles. The van der Waals surface area contributed by atoms with Crippen molar-refractivity contribution in [1.82, 2.24) is 10.3 Å². The number of Topliss-reactive ketones (excluding diaryl/α,β-unsaturated/α-hetero) is 1. The third-order valence-corrected chi connectivity index (χ3v) is 5.96. The Hall–Kier alpha value is -2.65. The van der Waals surface area contributed by atoms with Gasteiger partial charge in [-0.15, -0.1) is 11.3 Å². The maximum absolute atomic E-state index is 13.6. The predicted molar refractivity (Wildman–Crippen MR) is 105 cm³/mol. The summed E-state index contributed by atoms with van der Waals surface area (Å²) < 4.78 is 40.7. The van der Waals surface area contributed by atoms with Crippen LogP contribution in [0.5, 0.6) is 0 Å². The van der Waals surface area contributed by atoms with Crippen LogP contribution in [0.2, 0.25) is 0 Å². The zero-order valence-electron chi connectivity index (χ0n) is 15.0. The maximum Gasteiger partial charge on any atom is 0.226 e. The number of hydrogen-bond acceptors (Lipinski definition) is 5. The van der Waals surface area contributed by atoms with Crippen LogP contribution in [0.25, 0.3) is 0 Å². The molecule has 0 unspecified atom stereocenters. The summed E-state index contributed by atoms with van der Waals surface area (Å²) in [4.78, 5) is 28.4. The number of halogens is 3. The molecule has 3 aromatic rings. The molecule has 29 heavy (non-hydrogen) atoms. The van der Waals surface area contributed by atoms with Crippen LogP contribution >= 0.6 is 23.1 Å². The average molecular weight is 436 g/mol. The van der Waals surface area contributed by atoms with E-state index in [2.05, 4.69) is 10.3 Å². The van der Waals surface area contributed by atoms with Crippen molar-refractivity contribution >= 4 is 34.8 Å². The fourth-order valence-corrected chi connectivity index (χ4v) is 4.14. The van der Waals surface area contributed by atoms with Crippen molar-refractivity contribution in [3.63, 3.8) is 0 Å². The quantitative estimate of drug-likeness (QED) is 0.420. The molecule has 0 spiro atoms. The lowest BCUT2D eigenvalue weighted by Crippen LogP contribution is -2.25.